The molecule has 7 nitrogen and oxygen atoms in total. The molecule has 1 aliphatic heterocycles. The second kappa shape index (κ2) is 9.73. The summed E-state index contributed by atoms with van der Waals surface area (Å²) >= 11 is 1.36. The molecule has 0 aliphatic carbocycles. The Labute approximate surface area is 175 Å². The molecule has 1 aromatic heterocycles. The number of esters is 1. The quantitative estimate of drug-likeness (QED) is 0.410. The first-order valence-electron chi connectivity index (χ1n) is 9.88. The predicted molar refractivity (Wildman–Crippen MR) is 115 cm³/mol. The number of benzene rings is 1. The van der Waals surface area contributed by atoms with Crippen molar-refractivity contribution >= 4 is 23.3 Å². The number of carbonyl (C=O) groups excluding carboxylic acids is 1. The summed E-state index contributed by atoms with van der Waals surface area (Å²) in [6.07, 6.45) is 1.88. The number of nitrogens with zero attached hydrogens (tertiary/aromatic N) is 2. The zero-order chi connectivity index (χ0) is 20.8. The number of ether oxygens (including phenoxy) is 2. The van der Waals surface area contributed by atoms with Crippen molar-refractivity contribution in [3.8, 4) is 5.75 Å². The fourth-order valence-electron chi connectivity index (χ4n) is 3.17. The Hall–Kier alpha value is -2.61. The number of thiazole rings is 1. The lowest BCUT2D eigenvalue weighted by molar-refractivity contribution is 0.0531. The van der Waals surface area contributed by atoms with Crippen LogP contribution in [-0.2, 0) is 17.6 Å². The molecule has 0 saturated carbocycles. The molecule has 0 bridgehead atoms. The number of hydrogen-bond acceptors (Lipinski definition) is 6. The van der Waals surface area contributed by atoms with Gasteiger partial charge in [-0.2, -0.15) is 0 Å². The first-order valence-corrected chi connectivity index (χ1v) is 10.7. The minimum absolute atomic E-state index is 0.0785. The largest absolute Gasteiger partial charge is 0.493 e. The van der Waals surface area contributed by atoms with Gasteiger partial charge in [0.1, 0.15) is 15.6 Å². The van der Waals surface area contributed by atoms with Crippen molar-refractivity contribution in [2.75, 3.05) is 26.8 Å². The molecule has 8 heteroatoms. The van der Waals surface area contributed by atoms with E-state index in [4.69, 9.17) is 9.47 Å². The highest BCUT2D eigenvalue weighted by atomic mass is 32.1. The van der Waals surface area contributed by atoms with Crippen LogP contribution in [0.2, 0.25) is 0 Å². The normalized spacial score (nSPS) is 14.1. The second-order valence-electron chi connectivity index (χ2n) is 6.84. The Morgan fingerprint density at radius 1 is 1.45 bits per heavy atom. The minimum atomic E-state index is -0.316. The van der Waals surface area contributed by atoms with Gasteiger partial charge in [0.2, 0.25) is 0 Å². The van der Waals surface area contributed by atoms with E-state index in [-0.39, 0.29) is 12.0 Å². The fraction of sp³-hybridized carbons (Fsp3) is 0.476. The molecule has 0 amide bonds. The van der Waals surface area contributed by atoms with Gasteiger partial charge in [-0.15, -0.1) is 11.3 Å². The van der Waals surface area contributed by atoms with Crippen LogP contribution in [0.5, 0.6) is 5.75 Å². The van der Waals surface area contributed by atoms with Crippen LogP contribution < -0.4 is 15.4 Å². The van der Waals surface area contributed by atoms with Gasteiger partial charge >= 0.3 is 5.97 Å². The number of rotatable bonds is 7. The Kier molecular flexibility index (Phi) is 7.09. The number of guanidine groups is 1. The van der Waals surface area contributed by atoms with Crippen molar-refractivity contribution in [1.29, 1.82) is 0 Å². The van der Waals surface area contributed by atoms with Gasteiger partial charge in [-0.25, -0.2) is 9.78 Å². The lowest BCUT2D eigenvalue weighted by atomic mass is 10.1. The number of carbonyl (C=O) groups is 1. The third-order valence-corrected chi connectivity index (χ3v) is 6.00. The Morgan fingerprint density at radius 3 is 3.03 bits per heavy atom. The maximum Gasteiger partial charge on any atom is 0.350 e. The van der Waals surface area contributed by atoms with Gasteiger partial charge in [-0.05, 0) is 44.4 Å². The topological polar surface area (TPSA) is 84.8 Å². The molecule has 0 fully saturated rings. The number of aliphatic imine (C=N–C) groups is 1. The van der Waals surface area contributed by atoms with E-state index in [1.807, 2.05) is 13.8 Å². The number of aromatic nitrogens is 1. The third kappa shape index (κ3) is 5.26. The summed E-state index contributed by atoms with van der Waals surface area (Å²) in [7, 11) is 1.74. The van der Waals surface area contributed by atoms with Crippen molar-refractivity contribution < 1.29 is 14.3 Å². The molecule has 0 saturated heterocycles. The van der Waals surface area contributed by atoms with Crippen LogP contribution in [0.3, 0.4) is 0 Å². The van der Waals surface area contributed by atoms with Crippen molar-refractivity contribution in [2.45, 2.75) is 39.7 Å². The van der Waals surface area contributed by atoms with Crippen LogP contribution in [0, 0.1) is 6.92 Å². The smallest absolute Gasteiger partial charge is 0.350 e. The summed E-state index contributed by atoms with van der Waals surface area (Å²) in [5.74, 6) is 1.39. The molecule has 1 aromatic carbocycles. The van der Waals surface area contributed by atoms with Crippen LogP contribution in [0.1, 0.15) is 51.4 Å². The van der Waals surface area contributed by atoms with Crippen molar-refractivity contribution in [1.82, 2.24) is 15.6 Å². The van der Waals surface area contributed by atoms with E-state index in [1.165, 1.54) is 22.5 Å². The summed E-state index contributed by atoms with van der Waals surface area (Å²) in [5, 5.41) is 7.51. The van der Waals surface area contributed by atoms with Crippen molar-refractivity contribution in [2.24, 2.45) is 4.99 Å². The van der Waals surface area contributed by atoms with Crippen molar-refractivity contribution in [3.05, 3.63) is 44.9 Å². The Balaban J connectivity index is 1.53. The van der Waals surface area contributed by atoms with Crippen LogP contribution in [-0.4, -0.2) is 43.7 Å². The van der Waals surface area contributed by atoms with E-state index in [0.717, 1.165) is 36.8 Å². The maximum absolute atomic E-state index is 12.0. The van der Waals surface area contributed by atoms with Gasteiger partial charge in [-0.3, -0.25) is 4.99 Å². The first kappa shape index (κ1) is 21.1. The number of hydrogen-bond donors (Lipinski definition) is 2. The van der Waals surface area contributed by atoms with Crippen molar-refractivity contribution in [3.63, 3.8) is 0 Å². The molecule has 156 valence electrons. The van der Waals surface area contributed by atoms with Crippen LogP contribution in [0.4, 0.5) is 0 Å². The van der Waals surface area contributed by atoms with Gasteiger partial charge < -0.3 is 20.1 Å². The highest BCUT2D eigenvalue weighted by Gasteiger charge is 2.20. The Morgan fingerprint density at radius 2 is 2.28 bits per heavy atom. The molecule has 1 aliphatic rings. The number of nitrogens with one attached hydrogen (secondary N) is 2. The molecule has 3 rings (SSSR count). The van der Waals surface area contributed by atoms with Gasteiger partial charge in [0.05, 0.1) is 24.9 Å². The zero-order valence-corrected chi connectivity index (χ0v) is 18.2. The first-order chi connectivity index (χ1) is 14.0. The maximum atomic E-state index is 12.0. The average molecular weight is 417 g/mol. The number of fused-ring (bicyclic) bond motifs is 1. The molecule has 29 heavy (non-hydrogen) atoms. The van der Waals surface area contributed by atoms with Gasteiger partial charge in [-0.1, -0.05) is 12.1 Å². The molecular formula is C21H28N4O3S. The summed E-state index contributed by atoms with van der Waals surface area (Å²) in [6.45, 7) is 7.52. The summed E-state index contributed by atoms with van der Waals surface area (Å²) < 4.78 is 10.7. The van der Waals surface area contributed by atoms with Gasteiger partial charge in [0.15, 0.2) is 5.96 Å². The monoisotopic (exact) mass is 416 g/mol. The molecule has 1 atom stereocenters. The highest BCUT2D eigenvalue weighted by molar-refractivity contribution is 7.13. The SMILES string of the molecule is CCOC(=O)c1sc(C(C)NC(=NC)NCCc2ccc3c(c2)CCO3)nc1C. The molecule has 0 spiro atoms. The summed E-state index contributed by atoms with van der Waals surface area (Å²) in [6, 6.07) is 6.31. The summed E-state index contributed by atoms with van der Waals surface area (Å²) in [4.78, 5) is 21.4. The lowest BCUT2D eigenvalue weighted by Crippen LogP contribution is -2.39. The molecular weight excluding hydrogens is 388 g/mol. The molecule has 0 radical (unpaired) electrons. The van der Waals surface area contributed by atoms with E-state index < -0.39 is 0 Å². The molecule has 2 heterocycles. The lowest BCUT2D eigenvalue weighted by Gasteiger charge is -2.16. The third-order valence-electron chi connectivity index (χ3n) is 4.68. The van der Waals surface area contributed by atoms with Gasteiger partial charge in [0, 0.05) is 20.0 Å². The van der Waals surface area contributed by atoms with E-state index in [1.54, 1.807) is 14.0 Å². The molecule has 1 unspecified atom stereocenters. The second-order valence-corrected chi connectivity index (χ2v) is 7.87. The minimum Gasteiger partial charge on any atom is -0.493 e. The van der Waals surface area contributed by atoms with E-state index in [9.17, 15) is 4.79 Å². The molecule has 2 N–H and O–H groups in total. The molecule has 2 aromatic rings. The van der Waals surface area contributed by atoms with Crippen LogP contribution in [0.25, 0.3) is 0 Å². The highest BCUT2D eigenvalue weighted by Crippen LogP contribution is 2.26. The Bertz CT molecular complexity index is 894. The van der Waals surface area contributed by atoms with E-state index in [2.05, 4.69) is 38.8 Å². The zero-order valence-electron chi connectivity index (χ0n) is 17.4. The average Bonchev–Trinajstić information content (AvgIpc) is 3.33. The van der Waals surface area contributed by atoms with Crippen LogP contribution >= 0.6 is 11.3 Å². The number of aryl methyl sites for hydroxylation is 1. The predicted octanol–water partition coefficient (Wildman–Crippen LogP) is 3.03. The van der Waals surface area contributed by atoms with E-state index in [0.29, 0.717) is 23.1 Å². The summed E-state index contributed by atoms with van der Waals surface area (Å²) in [5.41, 5.74) is 3.26. The van der Waals surface area contributed by atoms with Crippen LogP contribution in [0.15, 0.2) is 23.2 Å². The standard InChI is InChI=1S/C21H28N4O3S/c1-5-27-20(26)18-13(2)24-19(29-18)14(3)25-21(22-4)23-10-8-15-6-7-17-16(12-15)9-11-28-17/h6-7,12,14H,5,8-11H2,1-4H3,(H2,22,23,25). The van der Waals surface area contributed by atoms with E-state index >= 15 is 0 Å². The van der Waals surface area contributed by atoms with Gasteiger partial charge in [0.25, 0.3) is 0 Å². The fourth-order valence-corrected chi connectivity index (χ4v) is 4.13.